The van der Waals surface area contributed by atoms with Gasteiger partial charge in [-0.05, 0) is 56.7 Å². The van der Waals surface area contributed by atoms with Gasteiger partial charge in [-0.3, -0.25) is 4.79 Å². The smallest absolute Gasteiger partial charge is 0.275 e. The Balaban J connectivity index is 1.58. The molecular weight excluding hydrogens is 470 g/mol. The van der Waals surface area contributed by atoms with Crippen molar-refractivity contribution in [1.82, 2.24) is 10.3 Å². The summed E-state index contributed by atoms with van der Waals surface area (Å²) in [4.78, 5) is 18.6. The minimum atomic E-state index is -0.168. The number of nitrogens with one attached hydrogen (secondary N) is 2. The maximum absolute atomic E-state index is 13.0. The van der Waals surface area contributed by atoms with E-state index in [1.807, 2.05) is 35.7 Å². The Bertz CT molecular complexity index is 1090. The summed E-state index contributed by atoms with van der Waals surface area (Å²) in [6.45, 7) is 7.43. The first-order chi connectivity index (χ1) is 17.0. The van der Waals surface area contributed by atoms with Crippen molar-refractivity contribution in [3.05, 3.63) is 70.2 Å². The number of nitrogens with zero attached hydrogens (tertiary/aromatic N) is 1. The van der Waals surface area contributed by atoms with Gasteiger partial charge in [0.25, 0.3) is 5.91 Å². The van der Waals surface area contributed by atoms with Crippen LogP contribution in [-0.4, -0.2) is 22.4 Å². The van der Waals surface area contributed by atoms with Crippen LogP contribution in [0.1, 0.15) is 73.4 Å². The zero-order valence-corrected chi connectivity index (χ0v) is 22.7. The van der Waals surface area contributed by atoms with Crippen LogP contribution in [0.3, 0.4) is 0 Å². The number of aryl methyl sites for hydroxylation is 2. The maximum atomic E-state index is 13.0. The van der Waals surface area contributed by atoms with Gasteiger partial charge in [0, 0.05) is 29.1 Å². The van der Waals surface area contributed by atoms with E-state index in [1.165, 1.54) is 6.42 Å². The molecule has 0 aliphatic carbocycles. The minimum absolute atomic E-state index is 0.168. The number of amides is 1. The molecule has 0 fully saturated rings. The van der Waals surface area contributed by atoms with Crippen LogP contribution in [0, 0.1) is 12.8 Å². The predicted octanol–water partition coefficient (Wildman–Crippen LogP) is 7.83. The number of carbonyl (C=O) groups excluding carboxylic acids is 1. The van der Waals surface area contributed by atoms with E-state index >= 15 is 0 Å². The van der Waals surface area contributed by atoms with Crippen molar-refractivity contribution in [1.29, 1.82) is 0 Å². The molecule has 2 aromatic carbocycles. The van der Waals surface area contributed by atoms with Gasteiger partial charge in [-0.15, -0.1) is 11.3 Å². The number of benzene rings is 2. The van der Waals surface area contributed by atoms with E-state index in [0.717, 1.165) is 77.4 Å². The van der Waals surface area contributed by atoms with Gasteiger partial charge in [-0.1, -0.05) is 80.9 Å². The number of carbonyl (C=O) groups is 1. The number of hydrogen-bond donors (Lipinski definition) is 2. The molecule has 0 bridgehead atoms. The monoisotopic (exact) mass is 507 g/mol. The highest BCUT2D eigenvalue weighted by atomic mass is 32.1. The lowest BCUT2D eigenvalue weighted by molar-refractivity contribution is 0.102. The molecule has 0 radical (unpaired) electrons. The average Bonchev–Trinajstić information content (AvgIpc) is 3.34. The second-order valence-corrected chi connectivity index (χ2v) is 10.4. The fourth-order valence-electron chi connectivity index (χ4n) is 4.13. The number of thiocarbonyl (C=S) groups is 1. The number of hydrogen-bond acceptors (Lipinski definition) is 4. The molecule has 1 atom stereocenters. The third kappa shape index (κ3) is 8.25. The van der Waals surface area contributed by atoms with Crippen LogP contribution in [0.2, 0.25) is 0 Å². The molecule has 6 heteroatoms. The molecule has 1 aromatic heterocycles. The Morgan fingerprint density at radius 3 is 2.60 bits per heavy atom. The molecule has 1 heterocycles. The van der Waals surface area contributed by atoms with Gasteiger partial charge in [0.15, 0.2) is 0 Å². The number of thiazole rings is 1. The zero-order chi connectivity index (χ0) is 25.0. The first-order valence-corrected chi connectivity index (χ1v) is 14.0. The summed E-state index contributed by atoms with van der Waals surface area (Å²) in [5.41, 5.74) is 4.52. The van der Waals surface area contributed by atoms with E-state index in [1.54, 1.807) is 11.3 Å². The van der Waals surface area contributed by atoms with Crippen molar-refractivity contribution in [3.8, 4) is 11.1 Å². The maximum Gasteiger partial charge on any atom is 0.275 e. The lowest BCUT2D eigenvalue weighted by atomic mass is 9.96. The van der Waals surface area contributed by atoms with Gasteiger partial charge >= 0.3 is 0 Å². The first-order valence-electron chi connectivity index (χ1n) is 12.7. The van der Waals surface area contributed by atoms with Gasteiger partial charge in [0.1, 0.15) is 5.69 Å². The van der Waals surface area contributed by atoms with Crippen molar-refractivity contribution in [2.75, 3.05) is 11.9 Å². The van der Waals surface area contributed by atoms with Crippen LogP contribution in [-0.2, 0) is 6.42 Å². The molecule has 0 saturated carbocycles. The van der Waals surface area contributed by atoms with Crippen LogP contribution in [0.25, 0.3) is 11.1 Å². The largest absolute Gasteiger partial charge is 0.379 e. The molecular formula is C29H37N3OS2. The Hall–Kier alpha value is -2.57. The Morgan fingerprint density at radius 1 is 1.06 bits per heavy atom. The van der Waals surface area contributed by atoms with Crippen molar-refractivity contribution in [2.45, 2.75) is 65.7 Å². The molecule has 1 unspecified atom stereocenters. The molecule has 1 amide bonds. The topological polar surface area (TPSA) is 54.0 Å². The molecule has 186 valence electrons. The number of rotatable bonds is 13. The summed E-state index contributed by atoms with van der Waals surface area (Å²) < 4.78 is 0. The van der Waals surface area contributed by atoms with Crippen molar-refractivity contribution in [2.24, 2.45) is 5.92 Å². The van der Waals surface area contributed by atoms with E-state index in [2.05, 4.69) is 54.6 Å². The van der Waals surface area contributed by atoms with Crippen LogP contribution < -0.4 is 10.6 Å². The summed E-state index contributed by atoms with van der Waals surface area (Å²) in [5.74, 6) is 0.256. The van der Waals surface area contributed by atoms with Crippen molar-refractivity contribution in [3.63, 3.8) is 0 Å². The molecule has 0 aliphatic heterocycles. The molecule has 3 aromatic rings. The van der Waals surface area contributed by atoms with Gasteiger partial charge in [-0.2, -0.15) is 0 Å². The number of unbranched alkanes of at least 4 members (excludes halogenated alkanes) is 1. The zero-order valence-electron chi connectivity index (χ0n) is 21.1. The Labute approximate surface area is 219 Å². The Kier molecular flexibility index (Phi) is 10.9. The third-order valence-electron chi connectivity index (χ3n) is 6.07. The normalized spacial score (nSPS) is 11.7. The lowest BCUT2D eigenvalue weighted by Gasteiger charge is -2.18. The summed E-state index contributed by atoms with van der Waals surface area (Å²) in [5, 5.41) is 9.39. The predicted molar refractivity (Wildman–Crippen MR) is 154 cm³/mol. The summed E-state index contributed by atoms with van der Waals surface area (Å²) >= 11 is 7.22. The molecule has 35 heavy (non-hydrogen) atoms. The second-order valence-electron chi connectivity index (χ2n) is 9.02. The van der Waals surface area contributed by atoms with E-state index < -0.39 is 0 Å². The van der Waals surface area contributed by atoms with Crippen molar-refractivity contribution < 1.29 is 4.79 Å². The Morgan fingerprint density at radius 2 is 1.86 bits per heavy atom. The van der Waals surface area contributed by atoms with Crippen LogP contribution in [0.15, 0.2) is 53.9 Å². The van der Waals surface area contributed by atoms with Crippen LogP contribution in [0.4, 0.5) is 5.69 Å². The average molecular weight is 508 g/mol. The fourth-order valence-corrected chi connectivity index (χ4v) is 5.29. The van der Waals surface area contributed by atoms with E-state index in [4.69, 9.17) is 12.2 Å². The molecule has 0 aliphatic rings. The van der Waals surface area contributed by atoms with E-state index in [9.17, 15) is 4.79 Å². The summed E-state index contributed by atoms with van der Waals surface area (Å²) in [6.07, 6.45) is 7.51. The minimum Gasteiger partial charge on any atom is -0.379 e. The van der Waals surface area contributed by atoms with Gasteiger partial charge < -0.3 is 10.6 Å². The molecule has 0 spiro atoms. The molecule has 0 saturated heterocycles. The summed E-state index contributed by atoms with van der Waals surface area (Å²) in [6, 6.07) is 16.2. The highest BCUT2D eigenvalue weighted by Crippen LogP contribution is 2.29. The summed E-state index contributed by atoms with van der Waals surface area (Å²) in [7, 11) is 0. The lowest BCUT2D eigenvalue weighted by Crippen LogP contribution is -2.29. The third-order valence-corrected chi connectivity index (χ3v) is 7.46. The molecule has 3 rings (SSSR count). The second kappa shape index (κ2) is 14.1. The van der Waals surface area contributed by atoms with Gasteiger partial charge in [-0.25, -0.2) is 4.98 Å². The molecule has 4 nitrogen and oxygen atoms in total. The highest BCUT2D eigenvalue weighted by molar-refractivity contribution is 7.80. The SMILES string of the molecule is CCCCNC(=S)C(CCC)CCCc1nc(C(=O)Nc2ccc(C)cc2-c2ccccc2)cs1. The quantitative estimate of drug-likeness (QED) is 0.183. The van der Waals surface area contributed by atoms with E-state index in [0.29, 0.717) is 11.6 Å². The fraction of sp³-hybridized carbons (Fsp3) is 0.414. The standard InChI is InChI=1S/C29H37N3OS2/c1-4-6-18-30-29(34)23(11-5-2)14-10-15-27-31-26(20-35-27)28(33)32-25-17-16-21(3)19-24(25)22-12-8-7-9-13-22/h7-9,12-13,16-17,19-20,23H,4-6,10-11,14-15,18H2,1-3H3,(H,30,34)(H,32,33). The van der Waals surface area contributed by atoms with Gasteiger partial charge in [0.2, 0.25) is 0 Å². The van der Waals surface area contributed by atoms with Gasteiger partial charge in [0.05, 0.1) is 10.00 Å². The van der Waals surface area contributed by atoms with E-state index in [-0.39, 0.29) is 5.91 Å². The number of anilines is 1. The highest BCUT2D eigenvalue weighted by Gasteiger charge is 2.16. The molecule has 2 N–H and O–H groups in total. The number of aromatic nitrogens is 1. The first kappa shape index (κ1) is 27.0. The van der Waals surface area contributed by atoms with Crippen molar-refractivity contribution >= 4 is 40.1 Å². The van der Waals surface area contributed by atoms with Crippen LogP contribution in [0.5, 0.6) is 0 Å². The van der Waals surface area contributed by atoms with Crippen LogP contribution >= 0.6 is 23.6 Å².